The monoisotopic (exact) mass is 429 g/mol. The average molecular weight is 430 g/mol. The predicted molar refractivity (Wildman–Crippen MR) is 97.6 cm³/mol. The van der Waals surface area contributed by atoms with Gasteiger partial charge in [0.25, 0.3) is 0 Å². The molecule has 6 nitrogen and oxygen atoms in total. The Balaban J connectivity index is 0.00000300. The SMILES string of the molecule is Cl.N#Cc1cnc(-c2ccc(C(F)(F)F)nc2)cc1CNC(=O)[C@H]1NCC[C@@H]1F. The first kappa shape index (κ1) is 22.5. The first-order chi connectivity index (χ1) is 13.3. The van der Waals surface area contributed by atoms with Crippen molar-refractivity contribution in [1.29, 1.82) is 5.26 Å². The normalized spacial score (nSPS) is 18.6. The number of aromatic nitrogens is 2. The number of hydrogen-bond donors (Lipinski definition) is 2. The minimum atomic E-state index is -4.55. The molecule has 1 amide bonds. The lowest BCUT2D eigenvalue weighted by molar-refractivity contribution is -0.141. The van der Waals surface area contributed by atoms with E-state index in [4.69, 9.17) is 0 Å². The van der Waals surface area contributed by atoms with E-state index in [9.17, 15) is 27.6 Å². The van der Waals surface area contributed by atoms with Gasteiger partial charge in [-0.3, -0.25) is 14.8 Å². The summed E-state index contributed by atoms with van der Waals surface area (Å²) >= 11 is 0. The molecule has 154 valence electrons. The number of hydrogen-bond acceptors (Lipinski definition) is 5. The molecule has 2 atom stereocenters. The Kier molecular flexibility index (Phi) is 7.11. The third-order valence-electron chi connectivity index (χ3n) is 4.34. The van der Waals surface area contributed by atoms with E-state index < -0.39 is 30.0 Å². The molecular formula is C18H16ClF4N5O. The molecule has 0 aliphatic carbocycles. The summed E-state index contributed by atoms with van der Waals surface area (Å²) in [6.45, 7) is 0.360. The highest BCUT2D eigenvalue weighted by molar-refractivity contribution is 5.85. The minimum Gasteiger partial charge on any atom is -0.351 e. The van der Waals surface area contributed by atoms with Crippen LogP contribution in [0.2, 0.25) is 0 Å². The second-order valence-electron chi connectivity index (χ2n) is 6.22. The molecule has 0 bridgehead atoms. The number of nitrogens with one attached hydrogen (secondary N) is 2. The highest BCUT2D eigenvalue weighted by atomic mass is 35.5. The highest BCUT2D eigenvalue weighted by Crippen LogP contribution is 2.29. The number of halogens is 5. The van der Waals surface area contributed by atoms with Crippen LogP contribution in [0.3, 0.4) is 0 Å². The van der Waals surface area contributed by atoms with Crippen molar-refractivity contribution >= 4 is 18.3 Å². The van der Waals surface area contributed by atoms with E-state index in [2.05, 4.69) is 20.6 Å². The van der Waals surface area contributed by atoms with E-state index in [1.807, 2.05) is 6.07 Å². The molecule has 3 rings (SSSR count). The van der Waals surface area contributed by atoms with E-state index in [1.54, 1.807) is 0 Å². The lowest BCUT2D eigenvalue weighted by Crippen LogP contribution is -2.44. The van der Waals surface area contributed by atoms with Gasteiger partial charge in [-0.05, 0) is 36.7 Å². The van der Waals surface area contributed by atoms with Gasteiger partial charge < -0.3 is 10.6 Å². The van der Waals surface area contributed by atoms with Gasteiger partial charge in [-0.2, -0.15) is 18.4 Å². The molecule has 2 aromatic heterocycles. The van der Waals surface area contributed by atoms with Gasteiger partial charge in [-0.15, -0.1) is 12.4 Å². The molecule has 11 heteroatoms. The summed E-state index contributed by atoms with van der Waals surface area (Å²) in [5.74, 6) is -0.525. The third kappa shape index (κ3) is 5.19. The fourth-order valence-corrected chi connectivity index (χ4v) is 2.84. The summed E-state index contributed by atoms with van der Waals surface area (Å²) in [6, 6.07) is 4.54. The minimum absolute atomic E-state index is 0. The smallest absolute Gasteiger partial charge is 0.351 e. The molecule has 0 spiro atoms. The molecule has 0 radical (unpaired) electrons. The van der Waals surface area contributed by atoms with Gasteiger partial charge >= 0.3 is 6.18 Å². The maximum Gasteiger partial charge on any atom is 0.433 e. The summed E-state index contributed by atoms with van der Waals surface area (Å²) in [5.41, 5.74) is 0.203. The summed E-state index contributed by atoms with van der Waals surface area (Å²) in [5, 5.41) is 14.5. The maximum absolute atomic E-state index is 13.6. The number of pyridine rings is 2. The average Bonchev–Trinajstić information content (AvgIpc) is 3.11. The van der Waals surface area contributed by atoms with Gasteiger partial charge in [0.05, 0.1) is 11.3 Å². The number of nitrogens with zero attached hydrogens (tertiary/aromatic N) is 3. The highest BCUT2D eigenvalue weighted by Gasteiger charge is 2.33. The van der Waals surface area contributed by atoms with Crippen LogP contribution < -0.4 is 10.6 Å². The van der Waals surface area contributed by atoms with Crippen molar-refractivity contribution in [3.05, 3.63) is 47.4 Å². The Bertz CT molecular complexity index is 914. The molecule has 1 saturated heterocycles. The molecule has 1 aliphatic heterocycles. The van der Waals surface area contributed by atoms with Crippen molar-refractivity contribution in [2.45, 2.75) is 31.4 Å². The summed E-state index contributed by atoms with van der Waals surface area (Å²) in [4.78, 5) is 19.5. The topological polar surface area (TPSA) is 90.7 Å². The van der Waals surface area contributed by atoms with Crippen LogP contribution in [0.4, 0.5) is 17.6 Å². The van der Waals surface area contributed by atoms with Gasteiger partial charge in [0.2, 0.25) is 5.91 Å². The van der Waals surface area contributed by atoms with Crippen molar-refractivity contribution in [2.75, 3.05) is 6.54 Å². The number of carbonyl (C=O) groups is 1. The first-order valence-electron chi connectivity index (χ1n) is 8.37. The number of alkyl halides is 4. The Morgan fingerprint density at radius 2 is 2.07 bits per heavy atom. The molecule has 0 unspecified atom stereocenters. The number of amides is 1. The van der Waals surface area contributed by atoms with Gasteiger partial charge in [-0.1, -0.05) is 0 Å². The zero-order chi connectivity index (χ0) is 20.3. The third-order valence-corrected chi connectivity index (χ3v) is 4.34. The van der Waals surface area contributed by atoms with Crippen LogP contribution in [0.1, 0.15) is 23.2 Å². The summed E-state index contributed by atoms with van der Waals surface area (Å²) in [7, 11) is 0. The van der Waals surface area contributed by atoms with Crippen molar-refractivity contribution in [2.24, 2.45) is 0 Å². The summed E-state index contributed by atoms with van der Waals surface area (Å²) in [6.07, 6.45) is -3.27. The van der Waals surface area contributed by atoms with Gasteiger partial charge in [0, 0.05) is 24.5 Å². The maximum atomic E-state index is 13.6. The van der Waals surface area contributed by atoms with Crippen LogP contribution in [-0.4, -0.2) is 34.6 Å². The van der Waals surface area contributed by atoms with Gasteiger partial charge in [-0.25, -0.2) is 4.39 Å². The fraction of sp³-hybridized carbons (Fsp3) is 0.333. The molecule has 29 heavy (non-hydrogen) atoms. The fourth-order valence-electron chi connectivity index (χ4n) is 2.84. The standard InChI is InChI=1S/C18H15F4N5O.ClH/c19-13-3-4-24-16(13)17(28)27-8-11-5-14(25-9-12(11)6-23)10-1-2-15(26-7-10)18(20,21)22;/h1-2,5,7,9,13,16,24H,3-4,8H2,(H,27,28);1H/t13-,16-;/m0./s1. The zero-order valence-corrected chi connectivity index (χ0v) is 15.6. The van der Waals surface area contributed by atoms with E-state index in [0.29, 0.717) is 23.4 Å². The quantitative estimate of drug-likeness (QED) is 0.729. The molecular weight excluding hydrogens is 414 g/mol. The molecule has 0 saturated carbocycles. The van der Waals surface area contributed by atoms with Gasteiger partial charge in [0.1, 0.15) is 24.0 Å². The Labute approximate surface area is 169 Å². The van der Waals surface area contributed by atoms with Crippen molar-refractivity contribution in [3.63, 3.8) is 0 Å². The van der Waals surface area contributed by atoms with Crippen LogP contribution in [0.25, 0.3) is 11.3 Å². The van der Waals surface area contributed by atoms with Crippen molar-refractivity contribution < 1.29 is 22.4 Å². The van der Waals surface area contributed by atoms with Crippen molar-refractivity contribution in [1.82, 2.24) is 20.6 Å². The van der Waals surface area contributed by atoms with Gasteiger partial charge in [0.15, 0.2) is 0 Å². The molecule has 2 aromatic rings. The van der Waals surface area contributed by atoms with Crippen molar-refractivity contribution in [3.8, 4) is 17.3 Å². The number of carbonyl (C=O) groups excluding carboxylic acids is 1. The van der Waals surface area contributed by atoms with Crippen LogP contribution in [0, 0.1) is 11.3 Å². The van der Waals surface area contributed by atoms with Crippen LogP contribution in [-0.2, 0) is 17.5 Å². The number of rotatable bonds is 4. The number of nitriles is 1. The lowest BCUT2D eigenvalue weighted by Gasteiger charge is -2.14. The molecule has 1 fully saturated rings. The van der Waals surface area contributed by atoms with E-state index in [-0.39, 0.29) is 30.9 Å². The Morgan fingerprint density at radius 3 is 2.62 bits per heavy atom. The van der Waals surface area contributed by atoms with Crippen LogP contribution in [0.5, 0.6) is 0 Å². The Morgan fingerprint density at radius 1 is 1.31 bits per heavy atom. The zero-order valence-electron chi connectivity index (χ0n) is 14.8. The Hall–Kier alpha value is -2.77. The molecule has 0 aromatic carbocycles. The second kappa shape index (κ2) is 9.15. The first-order valence-corrected chi connectivity index (χ1v) is 8.37. The van der Waals surface area contributed by atoms with E-state index in [1.165, 1.54) is 18.3 Å². The predicted octanol–water partition coefficient (Wildman–Crippen LogP) is 2.77. The molecule has 3 heterocycles. The van der Waals surface area contributed by atoms with Crippen LogP contribution in [0.15, 0.2) is 30.6 Å². The van der Waals surface area contributed by atoms with E-state index in [0.717, 1.165) is 12.3 Å². The molecule has 2 N–H and O–H groups in total. The van der Waals surface area contributed by atoms with Crippen LogP contribution >= 0.6 is 12.4 Å². The largest absolute Gasteiger partial charge is 0.433 e. The molecule has 1 aliphatic rings. The summed E-state index contributed by atoms with van der Waals surface area (Å²) < 4.78 is 51.5. The second-order valence-corrected chi connectivity index (χ2v) is 6.22. The lowest BCUT2D eigenvalue weighted by atomic mass is 10.1. The van der Waals surface area contributed by atoms with E-state index >= 15 is 0 Å².